The molecule has 1 unspecified atom stereocenters. The Balaban J connectivity index is 1.72. The molecule has 3 rings (SSSR count). The van der Waals surface area contributed by atoms with Crippen LogP contribution in [0.1, 0.15) is 32.4 Å². The molecule has 2 amide bonds. The van der Waals surface area contributed by atoms with Gasteiger partial charge in [-0.15, -0.1) is 0 Å². The van der Waals surface area contributed by atoms with Crippen molar-refractivity contribution in [3.8, 4) is 5.75 Å². The molecule has 0 radical (unpaired) electrons. The minimum atomic E-state index is -1.75. The average molecular weight is 341 g/mol. The molecule has 2 aromatic carbocycles. The maximum Gasteiger partial charge on any atom is 0.337 e. The molecule has 0 saturated heterocycles. The summed E-state index contributed by atoms with van der Waals surface area (Å²) in [5.74, 6) is -1.79. The van der Waals surface area contributed by atoms with Crippen molar-refractivity contribution in [1.29, 1.82) is 0 Å². The Morgan fingerprint density at radius 3 is 2.40 bits per heavy atom. The molecule has 25 heavy (non-hydrogen) atoms. The van der Waals surface area contributed by atoms with Crippen LogP contribution in [0.2, 0.25) is 0 Å². The fourth-order valence-electron chi connectivity index (χ4n) is 2.60. The minimum absolute atomic E-state index is 0.0507. The number of imide groups is 1. The van der Waals surface area contributed by atoms with Gasteiger partial charge in [-0.25, -0.2) is 4.79 Å². The number of aliphatic hydroxyl groups is 1. The van der Waals surface area contributed by atoms with Crippen molar-refractivity contribution in [2.75, 3.05) is 13.2 Å². The number of hydrogen-bond acceptors (Lipinski definition) is 5. The van der Waals surface area contributed by atoms with Crippen LogP contribution < -0.4 is 4.74 Å². The Kier molecular flexibility index (Phi) is 4.49. The van der Waals surface area contributed by atoms with Crippen LogP contribution in [0.4, 0.5) is 0 Å². The number of benzene rings is 2. The fourth-order valence-corrected chi connectivity index (χ4v) is 2.60. The number of aliphatic hydroxyl groups excluding tert-OH is 1. The van der Waals surface area contributed by atoms with Crippen molar-refractivity contribution < 1.29 is 29.3 Å². The van der Waals surface area contributed by atoms with Crippen molar-refractivity contribution in [3.63, 3.8) is 0 Å². The van der Waals surface area contributed by atoms with Crippen LogP contribution in [0.3, 0.4) is 0 Å². The third kappa shape index (κ3) is 3.22. The van der Waals surface area contributed by atoms with E-state index < -0.39 is 23.9 Å². The summed E-state index contributed by atoms with van der Waals surface area (Å²) < 4.78 is 5.49. The number of amides is 2. The minimum Gasteiger partial charge on any atom is -0.492 e. The number of nitrogens with zero attached hydrogens (tertiary/aromatic N) is 1. The standard InChI is InChI=1S/C18H15NO6/c20-15(18(23)24)11-6-7-13-14(10-11)17(22)19(16(13)21)8-9-25-12-4-2-1-3-5-12/h1-7,10,15,20H,8-9H2,(H,23,24). The summed E-state index contributed by atoms with van der Waals surface area (Å²) in [5.41, 5.74) is 0.323. The molecule has 0 aromatic heterocycles. The maximum atomic E-state index is 12.4. The predicted molar refractivity (Wildman–Crippen MR) is 86.3 cm³/mol. The second kappa shape index (κ2) is 6.74. The summed E-state index contributed by atoms with van der Waals surface area (Å²) >= 11 is 0. The number of carboxylic acid groups (broad SMARTS) is 1. The van der Waals surface area contributed by atoms with Crippen LogP contribution >= 0.6 is 0 Å². The van der Waals surface area contributed by atoms with Crippen LogP contribution in [0, 0.1) is 0 Å². The zero-order chi connectivity index (χ0) is 18.0. The lowest BCUT2D eigenvalue weighted by Gasteiger charge is -2.14. The van der Waals surface area contributed by atoms with Gasteiger partial charge in [-0.3, -0.25) is 14.5 Å². The van der Waals surface area contributed by atoms with Gasteiger partial charge in [0.05, 0.1) is 17.7 Å². The summed E-state index contributed by atoms with van der Waals surface area (Å²) in [6.45, 7) is 0.206. The number of para-hydroxylation sites is 1. The molecule has 1 atom stereocenters. The smallest absolute Gasteiger partial charge is 0.337 e. The molecule has 128 valence electrons. The second-order valence-corrected chi connectivity index (χ2v) is 5.47. The molecule has 1 aliphatic rings. The third-order valence-electron chi connectivity index (χ3n) is 3.87. The van der Waals surface area contributed by atoms with Crippen molar-refractivity contribution in [2.45, 2.75) is 6.10 Å². The largest absolute Gasteiger partial charge is 0.492 e. The zero-order valence-corrected chi connectivity index (χ0v) is 13.1. The van der Waals surface area contributed by atoms with Gasteiger partial charge in [-0.1, -0.05) is 24.3 Å². The number of aliphatic carboxylic acids is 1. The van der Waals surface area contributed by atoms with Crippen molar-refractivity contribution in [2.24, 2.45) is 0 Å². The molecule has 2 aromatic rings. The Bertz CT molecular complexity index is 833. The SMILES string of the molecule is O=C(O)C(O)c1ccc2c(c1)C(=O)N(CCOc1ccccc1)C2=O. The van der Waals surface area contributed by atoms with E-state index in [1.807, 2.05) is 18.2 Å². The predicted octanol–water partition coefficient (Wildman–Crippen LogP) is 1.48. The molecule has 0 spiro atoms. The monoisotopic (exact) mass is 341 g/mol. The first-order chi connectivity index (χ1) is 12.0. The van der Waals surface area contributed by atoms with Gasteiger partial charge in [0.2, 0.25) is 0 Å². The van der Waals surface area contributed by atoms with Crippen LogP contribution in [0.25, 0.3) is 0 Å². The van der Waals surface area contributed by atoms with Crippen LogP contribution in [0.15, 0.2) is 48.5 Å². The number of rotatable bonds is 6. The molecule has 0 aliphatic carbocycles. The highest BCUT2D eigenvalue weighted by molar-refractivity contribution is 6.21. The van der Waals surface area contributed by atoms with E-state index in [4.69, 9.17) is 9.84 Å². The van der Waals surface area contributed by atoms with E-state index in [9.17, 15) is 19.5 Å². The van der Waals surface area contributed by atoms with Gasteiger partial charge in [0.25, 0.3) is 11.8 Å². The molecule has 1 aliphatic heterocycles. The van der Waals surface area contributed by atoms with Crippen LogP contribution in [-0.4, -0.2) is 46.0 Å². The highest BCUT2D eigenvalue weighted by Crippen LogP contribution is 2.26. The average Bonchev–Trinajstić information content (AvgIpc) is 2.86. The Morgan fingerprint density at radius 2 is 1.72 bits per heavy atom. The normalized spacial score (nSPS) is 14.4. The molecule has 7 heteroatoms. The molecular weight excluding hydrogens is 326 g/mol. The number of fused-ring (bicyclic) bond motifs is 1. The van der Waals surface area contributed by atoms with Crippen LogP contribution in [0.5, 0.6) is 5.75 Å². The van der Waals surface area contributed by atoms with E-state index in [0.29, 0.717) is 5.75 Å². The van der Waals surface area contributed by atoms with Gasteiger partial charge in [-0.2, -0.15) is 0 Å². The van der Waals surface area contributed by atoms with Crippen LogP contribution in [-0.2, 0) is 4.79 Å². The first kappa shape index (κ1) is 16.7. The van der Waals surface area contributed by atoms with E-state index >= 15 is 0 Å². The van der Waals surface area contributed by atoms with E-state index in [0.717, 1.165) is 4.90 Å². The molecule has 0 fully saturated rings. The van der Waals surface area contributed by atoms with Gasteiger partial charge in [-0.05, 0) is 29.8 Å². The van der Waals surface area contributed by atoms with Gasteiger partial charge in [0.15, 0.2) is 6.10 Å². The first-order valence-electron chi connectivity index (χ1n) is 7.58. The molecule has 0 bridgehead atoms. The fraction of sp³-hybridized carbons (Fsp3) is 0.167. The molecule has 0 saturated carbocycles. The highest BCUT2D eigenvalue weighted by Gasteiger charge is 2.36. The van der Waals surface area contributed by atoms with E-state index in [2.05, 4.69) is 0 Å². The zero-order valence-electron chi connectivity index (χ0n) is 13.1. The number of carbonyl (C=O) groups excluding carboxylic acids is 2. The molecule has 7 nitrogen and oxygen atoms in total. The maximum absolute atomic E-state index is 12.4. The van der Waals surface area contributed by atoms with E-state index in [1.54, 1.807) is 12.1 Å². The molecular formula is C18H15NO6. The lowest BCUT2D eigenvalue weighted by Crippen LogP contribution is -2.33. The van der Waals surface area contributed by atoms with Crippen molar-refractivity contribution in [1.82, 2.24) is 4.90 Å². The Morgan fingerprint density at radius 1 is 1.04 bits per heavy atom. The Hall–Kier alpha value is -3.19. The summed E-state index contributed by atoms with van der Waals surface area (Å²) in [6.07, 6.45) is -1.75. The summed E-state index contributed by atoms with van der Waals surface area (Å²) in [4.78, 5) is 36.7. The summed E-state index contributed by atoms with van der Waals surface area (Å²) in [7, 11) is 0. The number of ether oxygens (including phenoxy) is 1. The second-order valence-electron chi connectivity index (χ2n) is 5.47. The molecule has 1 heterocycles. The molecule has 2 N–H and O–H groups in total. The topological polar surface area (TPSA) is 104 Å². The summed E-state index contributed by atoms with van der Waals surface area (Å²) in [5, 5.41) is 18.4. The van der Waals surface area contributed by atoms with Crippen molar-refractivity contribution >= 4 is 17.8 Å². The van der Waals surface area contributed by atoms with Gasteiger partial charge >= 0.3 is 5.97 Å². The number of hydrogen-bond donors (Lipinski definition) is 2. The van der Waals surface area contributed by atoms with Crippen molar-refractivity contribution in [3.05, 3.63) is 65.2 Å². The third-order valence-corrected chi connectivity index (χ3v) is 3.87. The highest BCUT2D eigenvalue weighted by atomic mass is 16.5. The lowest BCUT2D eigenvalue weighted by molar-refractivity contribution is -0.146. The quantitative estimate of drug-likeness (QED) is 0.771. The summed E-state index contributed by atoms with van der Waals surface area (Å²) in [6, 6.07) is 12.9. The van der Waals surface area contributed by atoms with Gasteiger partial charge in [0, 0.05) is 0 Å². The van der Waals surface area contributed by atoms with Gasteiger partial charge < -0.3 is 14.9 Å². The van der Waals surface area contributed by atoms with E-state index in [1.165, 1.54) is 18.2 Å². The Labute approximate surface area is 143 Å². The lowest BCUT2D eigenvalue weighted by atomic mass is 10.0. The van der Waals surface area contributed by atoms with E-state index in [-0.39, 0.29) is 29.8 Å². The number of carboxylic acids is 1. The van der Waals surface area contributed by atoms with Gasteiger partial charge in [0.1, 0.15) is 12.4 Å². The number of carbonyl (C=O) groups is 3. The first-order valence-corrected chi connectivity index (χ1v) is 7.58.